The predicted octanol–water partition coefficient (Wildman–Crippen LogP) is 0.650. The summed E-state index contributed by atoms with van der Waals surface area (Å²) >= 11 is 0. The molecule has 2 heterocycles. The number of benzene rings is 1. The van der Waals surface area contributed by atoms with Crippen LogP contribution in [0.1, 0.15) is 36.0 Å². The number of hydrogen-bond donors (Lipinski definition) is 4. The van der Waals surface area contributed by atoms with Crippen molar-refractivity contribution in [2.75, 3.05) is 46.8 Å². The highest BCUT2D eigenvalue weighted by Crippen LogP contribution is 2.29. The second-order valence-electron chi connectivity index (χ2n) is 9.83. The number of hydroxylamine groups is 1. The Morgan fingerprint density at radius 2 is 2.08 bits per heavy atom. The van der Waals surface area contributed by atoms with Crippen molar-refractivity contribution in [2.45, 2.75) is 32.2 Å². The van der Waals surface area contributed by atoms with Crippen LogP contribution in [0, 0.1) is 30.1 Å². The Balaban J connectivity index is 1.62. The van der Waals surface area contributed by atoms with Crippen LogP contribution in [0.2, 0.25) is 0 Å². The van der Waals surface area contributed by atoms with E-state index >= 15 is 0 Å². The van der Waals surface area contributed by atoms with Gasteiger partial charge in [-0.1, -0.05) is 12.1 Å². The summed E-state index contributed by atoms with van der Waals surface area (Å²) in [5.41, 5.74) is 5.53. The molecule has 2 aliphatic rings. The molecule has 2 aliphatic heterocycles. The Hall–Kier alpha value is -3.26. The van der Waals surface area contributed by atoms with Crippen molar-refractivity contribution in [3.8, 4) is 6.07 Å². The number of aryl methyl sites for hydroxylation is 1. The summed E-state index contributed by atoms with van der Waals surface area (Å²) in [7, 11) is 3.86. The minimum absolute atomic E-state index is 0.0941. The monoisotopic (exact) mass is 496 g/mol. The third-order valence-corrected chi connectivity index (χ3v) is 6.91. The number of piperidine rings is 1. The quantitative estimate of drug-likeness (QED) is 0.306. The van der Waals surface area contributed by atoms with Crippen molar-refractivity contribution in [2.24, 2.45) is 11.8 Å². The van der Waals surface area contributed by atoms with Crippen molar-refractivity contribution >= 4 is 23.3 Å². The van der Waals surface area contributed by atoms with E-state index in [1.807, 2.05) is 44.1 Å². The lowest BCUT2D eigenvalue weighted by atomic mass is 9.81. The van der Waals surface area contributed by atoms with E-state index in [0.717, 1.165) is 23.2 Å². The summed E-state index contributed by atoms with van der Waals surface area (Å²) in [6.07, 6.45) is 3.25. The highest BCUT2D eigenvalue weighted by atomic mass is 16.5. The molecule has 0 spiro atoms. The molecule has 3 atom stereocenters. The van der Waals surface area contributed by atoms with E-state index in [0.29, 0.717) is 44.6 Å². The predicted molar refractivity (Wildman–Crippen MR) is 135 cm³/mol. The molecular formula is C26H36N6O4. The van der Waals surface area contributed by atoms with E-state index in [1.165, 1.54) is 0 Å². The van der Waals surface area contributed by atoms with E-state index < -0.39 is 17.9 Å². The Labute approximate surface area is 212 Å². The molecule has 1 fully saturated rings. The molecule has 194 valence electrons. The second kappa shape index (κ2) is 12.6. The molecule has 3 amide bonds. The minimum Gasteiger partial charge on any atom is -0.355 e. The van der Waals surface area contributed by atoms with Crippen LogP contribution in [0.4, 0.5) is 0 Å². The van der Waals surface area contributed by atoms with Crippen molar-refractivity contribution in [1.82, 2.24) is 25.9 Å². The fourth-order valence-corrected chi connectivity index (χ4v) is 4.93. The Bertz CT molecular complexity index is 1050. The van der Waals surface area contributed by atoms with Gasteiger partial charge in [0.1, 0.15) is 0 Å². The summed E-state index contributed by atoms with van der Waals surface area (Å²) in [4.78, 5) is 41.8. The van der Waals surface area contributed by atoms with Gasteiger partial charge in [0, 0.05) is 32.6 Å². The van der Waals surface area contributed by atoms with Crippen LogP contribution in [0.15, 0.2) is 24.3 Å². The Kier molecular flexibility index (Phi) is 9.58. The van der Waals surface area contributed by atoms with E-state index in [9.17, 15) is 19.6 Å². The van der Waals surface area contributed by atoms with Gasteiger partial charge in [-0.25, -0.2) is 5.48 Å². The molecule has 1 unspecified atom stereocenters. The second-order valence-corrected chi connectivity index (χ2v) is 9.83. The van der Waals surface area contributed by atoms with Crippen LogP contribution >= 0.6 is 0 Å². The number of carbonyl (C=O) groups is 3. The van der Waals surface area contributed by atoms with Gasteiger partial charge in [0.15, 0.2) is 0 Å². The van der Waals surface area contributed by atoms with Crippen molar-refractivity contribution in [3.63, 3.8) is 0 Å². The Morgan fingerprint density at radius 3 is 2.69 bits per heavy atom. The molecule has 36 heavy (non-hydrogen) atoms. The fraction of sp³-hybridized carbons (Fsp3) is 0.538. The molecule has 3 rings (SSSR count). The molecule has 0 bridgehead atoms. The van der Waals surface area contributed by atoms with Gasteiger partial charge < -0.3 is 20.4 Å². The highest BCUT2D eigenvalue weighted by molar-refractivity contribution is 5.90. The minimum atomic E-state index is -0.776. The van der Waals surface area contributed by atoms with E-state index in [2.05, 4.69) is 16.7 Å². The highest BCUT2D eigenvalue weighted by Gasteiger charge is 2.41. The first-order valence-corrected chi connectivity index (χ1v) is 12.3. The molecule has 0 saturated carbocycles. The number of nitrogens with one attached hydrogen (secondary N) is 3. The zero-order valence-electron chi connectivity index (χ0n) is 21.2. The molecule has 1 aromatic rings. The maximum Gasteiger partial charge on any atom is 0.248 e. The lowest BCUT2D eigenvalue weighted by Crippen LogP contribution is -2.59. The van der Waals surface area contributed by atoms with Crippen molar-refractivity contribution in [3.05, 3.63) is 41.0 Å². The molecule has 10 heteroatoms. The van der Waals surface area contributed by atoms with Crippen molar-refractivity contribution < 1.29 is 19.6 Å². The summed E-state index contributed by atoms with van der Waals surface area (Å²) in [5, 5.41) is 24.4. The van der Waals surface area contributed by atoms with Crippen LogP contribution in [-0.4, -0.2) is 85.6 Å². The molecule has 0 radical (unpaired) electrons. The molecular weight excluding hydrogens is 460 g/mol. The SMILES string of the molecule is Cc1cc(C#N)ccc1C1=CCN(C(=O)[C@H]2NCC(CC(=O)NCCN(C)C)C[C@@H]2C(=O)NO)CC1. The van der Waals surface area contributed by atoms with Gasteiger partial charge in [0.25, 0.3) is 0 Å². The van der Waals surface area contributed by atoms with E-state index in [1.54, 1.807) is 16.4 Å². The van der Waals surface area contributed by atoms with Gasteiger partial charge >= 0.3 is 0 Å². The van der Waals surface area contributed by atoms with Gasteiger partial charge in [-0.15, -0.1) is 0 Å². The van der Waals surface area contributed by atoms with Gasteiger partial charge in [0.05, 0.1) is 23.6 Å². The number of likely N-dealkylation sites (N-methyl/N-ethyl adjacent to an activating group) is 1. The molecule has 4 N–H and O–H groups in total. The normalized spacial score (nSPS) is 21.9. The third-order valence-electron chi connectivity index (χ3n) is 6.91. The summed E-state index contributed by atoms with van der Waals surface area (Å²) in [6.45, 7) is 4.60. The molecule has 10 nitrogen and oxygen atoms in total. The van der Waals surface area contributed by atoms with E-state index in [-0.39, 0.29) is 24.2 Å². The lowest BCUT2D eigenvalue weighted by Gasteiger charge is -2.38. The number of rotatable bonds is 8. The number of nitrogens with zero attached hydrogens (tertiary/aromatic N) is 3. The van der Waals surface area contributed by atoms with Crippen LogP contribution in [0.5, 0.6) is 0 Å². The molecule has 0 aromatic heterocycles. The summed E-state index contributed by atoms with van der Waals surface area (Å²) < 4.78 is 0. The van der Waals surface area contributed by atoms with Crippen molar-refractivity contribution in [1.29, 1.82) is 5.26 Å². The maximum atomic E-state index is 13.4. The summed E-state index contributed by atoms with van der Waals surface area (Å²) in [5.74, 6) is -1.81. The van der Waals surface area contributed by atoms with Gasteiger partial charge in [-0.05, 0) is 75.2 Å². The first-order chi connectivity index (χ1) is 17.2. The largest absolute Gasteiger partial charge is 0.355 e. The number of nitriles is 1. The number of hydrogen-bond acceptors (Lipinski definition) is 7. The van der Waals surface area contributed by atoms with Gasteiger partial charge in [-0.2, -0.15) is 5.26 Å². The van der Waals surface area contributed by atoms with Crippen LogP contribution in [0.3, 0.4) is 0 Å². The first-order valence-electron chi connectivity index (χ1n) is 12.3. The van der Waals surface area contributed by atoms with Gasteiger partial charge in [0.2, 0.25) is 17.7 Å². The van der Waals surface area contributed by atoms with Crippen LogP contribution < -0.4 is 16.1 Å². The fourth-order valence-electron chi connectivity index (χ4n) is 4.93. The first kappa shape index (κ1) is 27.3. The average Bonchev–Trinajstić information content (AvgIpc) is 2.87. The van der Waals surface area contributed by atoms with E-state index in [4.69, 9.17) is 5.26 Å². The molecule has 0 aliphatic carbocycles. The zero-order chi connectivity index (χ0) is 26.2. The zero-order valence-corrected chi connectivity index (χ0v) is 21.2. The van der Waals surface area contributed by atoms with Crippen LogP contribution in [0.25, 0.3) is 5.57 Å². The van der Waals surface area contributed by atoms with Crippen LogP contribution in [-0.2, 0) is 14.4 Å². The Morgan fingerprint density at radius 1 is 1.31 bits per heavy atom. The molecule has 1 saturated heterocycles. The smallest absolute Gasteiger partial charge is 0.248 e. The number of amides is 3. The third kappa shape index (κ3) is 6.91. The standard InChI is InChI=1S/C26H36N6O4/c1-17-12-18(15-27)4-5-21(17)20-6-9-32(10-7-20)26(35)24-22(25(34)30-36)13-19(16-29-24)14-23(33)28-8-11-31(2)3/h4-6,12,19,22,24,29,36H,7-11,13-14,16H2,1-3H3,(H,28,33)(H,30,34)/t19?,22-,24-/m0/s1. The maximum absolute atomic E-state index is 13.4. The number of carbonyl (C=O) groups excluding carboxylic acids is 3. The van der Waals surface area contributed by atoms with Gasteiger partial charge in [-0.3, -0.25) is 19.6 Å². The topological polar surface area (TPSA) is 138 Å². The average molecular weight is 497 g/mol. The summed E-state index contributed by atoms with van der Waals surface area (Å²) in [6, 6.07) is 6.98. The lowest BCUT2D eigenvalue weighted by molar-refractivity contribution is -0.144. The molecule has 1 aromatic carbocycles.